The number of rotatable bonds is 3. The van der Waals surface area contributed by atoms with Crippen LogP contribution in [-0.2, 0) is 6.54 Å². The third-order valence-corrected chi connectivity index (χ3v) is 2.95. The minimum Gasteiger partial charge on any atom is -0.358 e. The molecule has 2 rings (SSSR count). The van der Waals surface area contributed by atoms with Crippen molar-refractivity contribution in [3.63, 3.8) is 0 Å². The Bertz CT molecular complexity index is 592. The molecule has 7 heteroatoms. The lowest BCUT2D eigenvalue weighted by molar-refractivity contribution is -0.392. The molecule has 1 aromatic heterocycles. The molecule has 0 aliphatic carbocycles. The van der Waals surface area contributed by atoms with E-state index in [9.17, 15) is 14.5 Å². The fraction of sp³-hybridized carbons (Fsp3) is 0.182. The molecule has 0 saturated carbocycles. The van der Waals surface area contributed by atoms with Gasteiger partial charge in [0.2, 0.25) is 0 Å². The normalized spacial score (nSPS) is 10.6. The molecular formula is C11H9ClFN3O2. The molecule has 0 unspecified atom stereocenters. The number of halogens is 2. The second-order valence-corrected chi connectivity index (χ2v) is 4.11. The van der Waals surface area contributed by atoms with Crippen molar-refractivity contribution in [1.29, 1.82) is 0 Å². The summed E-state index contributed by atoms with van der Waals surface area (Å²) in [4.78, 5) is 14.1. The number of nitro groups is 1. The number of aromatic nitrogens is 2. The van der Waals surface area contributed by atoms with Gasteiger partial charge in [-0.15, -0.1) is 0 Å². The Morgan fingerprint density at radius 3 is 2.89 bits per heavy atom. The van der Waals surface area contributed by atoms with Crippen LogP contribution in [0.3, 0.4) is 0 Å². The van der Waals surface area contributed by atoms with Gasteiger partial charge < -0.3 is 10.1 Å². The summed E-state index contributed by atoms with van der Waals surface area (Å²) < 4.78 is 14.9. The molecule has 0 bridgehead atoms. The summed E-state index contributed by atoms with van der Waals surface area (Å²) in [5.74, 6) is -0.252. The van der Waals surface area contributed by atoms with Gasteiger partial charge in [-0.2, -0.15) is 0 Å². The van der Waals surface area contributed by atoms with E-state index >= 15 is 0 Å². The summed E-state index contributed by atoms with van der Waals surface area (Å²) >= 11 is 5.89. The Morgan fingerprint density at radius 2 is 2.28 bits per heavy atom. The number of hydrogen-bond acceptors (Lipinski definition) is 3. The van der Waals surface area contributed by atoms with Crippen LogP contribution in [0.5, 0.6) is 0 Å². The monoisotopic (exact) mass is 269 g/mol. The van der Waals surface area contributed by atoms with E-state index in [-0.39, 0.29) is 22.9 Å². The minimum atomic E-state index is -0.561. The van der Waals surface area contributed by atoms with Crippen molar-refractivity contribution < 1.29 is 9.31 Å². The van der Waals surface area contributed by atoms with E-state index < -0.39 is 10.7 Å². The molecule has 0 amide bonds. The minimum absolute atomic E-state index is 0.0202. The number of benzene rings is 1. The Labute approximate surface area is 107 Å². The van der Waals surface area contributed by atoms with Crippen LogP contribution in [0.1, 0.15) is 11.4 Å². The zero-order valence-electron chi connectivity index (χ0n) is 9.43. The van der Waals surface area contributed by atoms with Crippen molar-refractivity contribution >= 4 is 17.4 Å². The third kappa shape index (κ3) is 2.19. The van der Waals surface area contributed by atoms with Crippen LogP contribution in [0.25, 0.3) is 0 Å². The van der Waals surface area contributed by atoms with Gasteiger partial charge in [-0.1, -0.05) is 17.7 Å². The lowest BCUT2D eigenvalue weighted by Crippen LogP contribution is -2.08. The second-order valence-electron chi connectivity index (χ2n) is 3.71. The standard InChI is InChI=1S/C11H9ClFN3O2/c1-7-14-5-11(16(17)18)15(7)6-8-9(12)3-2-4-10(8)13/h2-5H,6H2,1H3. The summed E-state index contributed by atoms with van der Waals surface area (Å²) in [6, 6.07) is 4.29. The first-order chi connectivity index (χ1) is 8.50. The maximum Gasteiger partial charge on any atom is 0.343 e. The van der Waals surface area contributed by atoms with E-state index in [0.717, 1.165) is 6.20 Å². The summed E-state index contributed by atoms with van der Waals surface area (Å²) in [7, 11) is 0. The molecule has 18 heavy (non-hydrogen) atoms. The van der Waals surface area contributed by atoms with Gasteiger partial charge in [-0.05, 0) is 17.1 Å². The van der Waals surface area contributed by atoms with Crippen molar-refractivity contribution in [2.45, 2.75) is 13.5 Å². The SMILES string of the molecule is Cc1ncc([N+](=O)[O-])n1Cc1c(F)cccc1Cl. The Hall–Kier alpha value is -1.95. The lowest BCUT2D eigenvalue weighted by atomic mass is 10.2. The van der Waals surface area contributed by atoms with Crippen LogP contribution in [0.2, 0.25) is 5.02 Å². The van der Waals surface area contributed by atoms with Gasteiger partial charge in [0.15, 0.2) is 5.82 Å². The highest BCUT2D eigenvalue weighted by Gasteiger charge is 2.20. The first-order valence-electron chi connectivity index (χ1n) is 5.10. The van der Waals surface area contributed by atoms with Crippen molar-refractivity contribution in [3.05, 3.63) is 56.7 Å². The van der Waals surface area contributed by atoms with E-state index in [1.807, 2.05) is 0 Å². The Balaban J connectivity index is 2.46. The van der Waals surface area contributed by atoms with E-state index in [0.29, 0.717) is 5.82 Å². The number of imidazole rings is 1. The van der Waals surface area contributed by atoms with Crippen LogP contribution in [-0.4, -0.2) is 14.5 Å². The van der Waals surface area contributed by atoms with Crippen molar-refractivity contribution in [2.75, 3.05) is 0 Å². The van der Waals surface area contributed by atoms with E-state index in [2.05, 4.69) is 4.98 Å². The van der Waals surface area contributed by atoms with Crippen LogP contribution in [0, 0.1) is 22.9 Å². The Morgan fingerprint density at radius 1 is 1.56 bits per heavy atom. The van der Waals surface area contributed by atoms with Crippen molar-refractivity contribution in [1.82, 2.24) is 9.55 Å². The molecule has 1 aromatic carbocycles. The average molecular weight is 270 g/mol. The van der Waals surface area contributed by atoms with Crippen molar-refractivity contribution in [3.8, 4) is 0 Å². The number of hydrogen-bond donors (Lipinski definition) is 0. The van der Waals surface area contributed by atoms with E-state index in [1.165, 1.54) is 22.8 Å². The van der Waals surface area contributed by atoms with Gasteiger partial charge in [-0.25, -0.2) is 13.9 Å². The third-order valence-electron chi connectivity index (χ3n) is 2.60. The molecule has 0 radical (unpaired) electrons. The molecule has 0 aliphatic heterocycles. The van der Waals surface area contributed by atoms with Crippen LogP contribution < -0.4 is 0 Å². The van der Waals surface area contributed by atoms with Gasteiger partial charge in [0, 0.05) is 12.5 Å². The topological polar surface area (TPSA) is 61.0 Å². The van der Waals surface area contributed by atoms with Crippen molar-refractivity contribution in [2.24, 2.45) is 0 Å². The van der Waals surface area contributed by atoms with Crippen LogP contribution in [0.4, 0.5) is 10.2 Å². The molecule has 0 fully saturated rings. The summed E-state index contributed by atoms with van der Waals surface area (Å²) in [6.45, 7) is 1.59. The lowest BCUT2D eigenvalue weighted by Gasteiger charge is -2.06. The van der Waals surface area contributed by atoms with Gasteiger partial charge in [0.05, 0.1) is 5.02 Å². The molecule has 94 valence electrons. The van der Waals surface area contributed by atoms with Gasteiger partial charge in [0.25, 0.3) is 0 Å². The predicted octanol–water partition coefficient (Wildman–Crippen LogP) is 2.94. The van der Waals surface area contributed by atoms with E-state index in [1.54, 1.807) is 6.92 Å². The first kappa shape index (κ1) is 12.5. The molecule has 0 spiro atoms. The highest BCUT2D eigenvalue weighted by molar-refractivity contribution is 6.31. The quantitative estimate of drug-likeness (QED) is 0.636. The molecule has 0 N–H and O–H groups in total. The van der Waals surface area contributed by atoms with Crippen LogP contribution in [0.15, 0.2) is 24.4 Å². The molecule has 5 nitrogen and oxygen atoms in total. The summed E-state index contributed by atoms with van der Waals surface area (Å²) in [5.41, 5.74) is 0.211. The molecule has 1 heterocycles. The van der Waals surface area contributed by atoms with Gasteiger partial charge >= 0.3 is 5.82 Å². The molecule has 2 aromatic rings. The maximum absolute atomic E-state index is 13.6. The first-order valence-corrected chi connectivity index (χ1v) is 5.48. The Kier molecular flexibility index (Phi) is 3.29. The van der Waals surface area contributed by atoms with E-state index in [4.69, 9.17) is 11.6 Å². The summed E-state index contributed by atoms with van der Waals surface area (Å²) in [6.07, 6.45) is 1.14. The highest BCUT2D eigenvalue weighted by Crippen LogP contribution is 2.23. The zero-order chi connectivity index (χ0) is 13.3. The fourth-order valence-corrected chi connectivity index (χ4v) is 1.86. The molecule has 0 saturated heterocycles. The second kappa shape index (κ2) is 4.73. The van der Waals surface area contributed by atoms with Gasteiger partial charge in [-0.3, -0.25) is 0 Å². The smallest absolute Gasteiger partial charge is 0.343 e. The largest absolute Gasteiger partial charge is 0.358 e. The predicted molar refractivity (Wildman–Crippen MR) is 64.1 cm³/mol. The number of nitrogens with zero attached hydrogens (tertiary/aromatic N) is 3. The molecule has 0 aliphatic rings. The maximum atomic E-state index is 13.6. The molecule has 0 atom stereocenters. The molecular weight excluding hydrogens is 261 g/mol. The fourth-order valence-electron chi connectivity index (χ4n) is 1.64. The average Bonchev–Trinajstić information content (AvgIpc) is 2.66. The van der Waals surface area contributed by atoms with Gasteiger partial charge in [0.1, 0.15) is 18.6 Å². The van der Waals surface area contributed by atoms with Crippen LogP contribution >= 0.6 is 11.6 Å². The highest BCUT2D eigenvalue weighted by atomic mass is 35.5. The zero-order valence-corrected chi connectivity index (χ0v) is 10.2. The number of aryl methyl sites for hydroxylation is 1. The summed E-state index contributed by atoms with van der Waals surface area (Å²) in [5, 5.41) is 11.0.